The maximum atomic E-state index is 5.57. The van der Waals surface area contributed by atoms with Crippen molar-refractivity contribution < 1.29 is 4.52 Å². The molecule has 4 nitrogen and oxygen atoms in total. The highest BCUT2D eigenvalue weighted by Crippen LogP contribution is 2.50. The van der Waals surface area contributed by atoms with Crippen molar-refractivity contribution in [2.75, 3.05) is 7.05 Å². The van der Waals surface area contributed by atoms with E-state index < -0.39 is 0 Å². The van der Waals surface area contributed by atoms with Crippen molar-refractivity contribution in [2.45, 2.75) is 50.1 Å². The standard InChI is InChI=1S/C17H21N3O/c1-11-18-17(21-19-11)16-14(12-6-4-3-5-7-12)10-13-8-9-15(16)20(13)2/h3-7,13-16H,8-10H2,1-2H3. The fourth-order valence-electron chi connectivity index (χ4n) is 4.29. The maximum absolute atomic E-state index is 5.57. The van der Waals surface area contributed by atoms with Crippen LogP contribution in [0.1, 0.15) is 48.4 Å². The van der Waals surface area contributed by atoms with Gasteiger partial charge in [-0.2, -0.15) is 4.98 Å². The van der Waals surface area contributed by atoms with E-state index in [1.807, 2.05) is 6.92 Å². The minimum atomic E-state index is 0.317. The minimum absolute atomic E-state index is 0.317. The Morgan fingerprint density at radius 2 is 2.00 bits per heavy atom. The summed E-state index contributed by atoms with van der Waals surface area (Å²) in [6, 6.07) is 12.0. The van der Waals surface area contributed by atoms with Crippen molar-refractivity contribution >= 4 is 0 Å². The summed E-state index contributed by atoms with van der Waals surface area (Å²) in [5.41, 5.74) is 1.41. The molecule has 110 valence electrons. The van der Waals surface area contributed by atoms with E-state index in [0.29, 0.717) is 23.9 Å². The summed E-state index contributed by atoms with van der Waals surface area (Å²) in [7, 11) is 2.25. The molecular formula is C17H21N3O. The van der Waals surface area contributed by atoms with E-state index >= 15 is 0 Å². The van der Waals surface area contributed by atoms with Crippen molar-refractivity contribution in [1.29, 1.82) is 0 Å². The van der Waals surface area contributed by atoms with Gasteiger partial charge in [0.05, 0.1) is 5.92 Å². The van der Waals surface area contributed by atoms with Crippen LogP contribution in [0.15, 0.2) is 34.9 Å². The van der Waals surface area contributed by atoms with Gasteiger partial charge in [-0.1, -0.05) is 35.5 Å². The number of nitrogens with zero attached hydrogens (tertiary/aromatic N) is 3. The van der Waals surface area contributed by atoms with Crippen molar-refractivity contribution in [3.8, 4) is 0 Å². The number of hydrogen-bond donors (Lipinski definition) is 0. The molecule has 0 amide bonds. The molecule has 0 saturated carbocycles. The predicted octanol–water partition coefficient (Wildman–Crippen LogP) is 3.11. The number of benzene rings is 1. The second-order valence-corrected chi connectivity index (χ2v) is 6.42. The number of fused-ring (bicyclic) bond motifs is 2. The third-order valence-corrected chi connectivity index (χ3v) is 5.32. The SMILES string of the molecule is Cc1noc(C2C(c3ccccc3)CC3CCC2N3C)n1. The molecule has 2 aliphatic heterocycles. The Balaban J connectivity index is 1.77. The smallest absolute Gasteiger partial charge is 0.231 e. The molecule has 1 aromatic heterocycles. The highest BCUT2D eigenvalue weighted by Gasteiger charge is 2.48. The molecule has 4 atom stereocenters. The topological polar surface area (TPSA) is 42.2 Å². The molecule has 2 bridgehead atoms. The van der Waals surface area contributed by atoms with Crippen LogP contribution >= 0.6 is 0 Å². The van der Waals surface area contributed by atoms with E-state index in [2.05, 4.69) is 52.4 Å². The van der Waals surface area contributed by atoms with Crippen LogP contribution in [0.3, 0.4) is 0 Å². The van der Waals surface area contributed by atoms with Gasteiger partial charge in [0.2, 0.25) is 5.89 Å². The van der Waals surface area contributed by atoms with Crippen molar-refractivity contribution in [2.24, 2.45) is 0 Å². The van der Waals surface area contributed by atoms with E-state index in [1.165, 1.54) is 24.8 Å². The lowest BCUT2D eigenvalue weighted by molar-refractivity contribution is 0.120. The minimum Gasteiger partial charge on any atom is -0.339 e. The third kappa shape index (κ3) is 2.09. The molecule has 21 heavy (non-hydrogen) atoms. The molecule has 2 saturated heterocycles. The fourth-order valence-corrected chi connectivity index (χ4v) is 4.29. The normalized spacial score (nSPS) is 32.5. The highest BCUT2D eigenvalue weighted by atomic mass is 16.5. The summed E-state index contributed by atoms with van der Waals surface area (Å²) in [6.07, 6.45) is 3.70. The van der Waals surface area contributed by atoms with E-state index in [9.17, 15) is 0 Å². The van der Waals surface area contributed by atoms with Gasteiger partial charge in [0.15, 0.2) is 5.82 Å². The molecule has 1 aromatic carbocycles. The van der Waals surface area contributed by atoms with Crippen LogP contribution in [-0.4, -0.2) is 34.2 Å². The molecule has 4 rings (SSSR count). The van der Waals surface area contributed by atoms with E-state index in [4.69, 9.17) is 4.52 Å². The summed E-state index contributed by atoms with van der Waals surface area (Å²) < 4.78 is 5.57. The van der Waals surface area contributed by atoms with Crippen LogP contribution in [-0.2, 0) is 0 Å². The second kappa shape index (κ2) is 4.95. The molecule has 2 aromatic rings. The molecule has 3 heterocycles. The van der Waals surface area contributed by atoms with Crippen LogP contribution in [0.5, 0.6) is 0 Å². The second-order valence-electron chi connectivity index (χ2n) is 6.42. The van der Waals surface area contributed by atoms with Crippen LogP contribution < -0.4 is 0 Å². The van der Waals surface area contributed by atoms with Gasteiger partial charge in [-0.05, 0) is 44.7 Å². The molecule has 0 N–H and O–H groups in total. The zero-order valence-corrected chi connectivity index (χ0v) is 12.6. The summed E-state index contributed by atoms with van der Waals surface area (Å²) in [5.74, 6) is 2.36. The van der Waals surface area contributed by atoms with Gasteiger partial charge in [-0.15, -0.1) is 0 Å². The Labute approximate surface area is 125 Å². The predicted molar refractivity (Wildman–Crippen MR) is 80.1 cm³/mol. The zero-order valence-electron chi connectivity index (χ0n) is 12.6. The molecule has 0 radical (unpaired) electrons. The van der Waals surface area contributed by atoms with Gasteiger partial charge in [0, 0.05) is 12.1 Å². The summed E-state index contributed by atoms with van der Waals surface area (Å²) in [5, 5.41) is 4.02. The number of piperidine rings is 1. The van der Waals surface area contributed by atoms with E-state index in [1.54, 1.807) is 0 Å². The Morgan fingerprint density at radius 3 is 2.71 bits per heavy atom. The Hall–Kier alpha value is -1.68. The Bertz CT molecular complexity index is 624. The maximum Gasteiger partial charge on any atom is 0.231 e. The van der Waals surface area contributed by atoms with Crippen LogP contribution in [0, 0.1) is 6.92 Å². The lowest BCUT2D eigenvalue weighted by Gasteiger charge is -2.41. The summed E-state index contributed by atoms with van der Waals surface area (Å²) in [4.78, 5) is 7.09. The fraction of sp³-hybridized carbons (Fsp3) is 0.529. The number of aromatic nitrogens is 2. The first-order valence-corrected chi connectivity index (χ1v) is 7.81. The summed E-state index contributed by atoms with van der Waals surface area (Å²) >= 11 is 0. The first-order chi connectivity index (χ1) is 10.2. The zero-order chi connectivity index (χ0) is 14.4. The number of aryl methyl sites for hydroxylation is 1. The quantitative estimate of drug-likeness (QED) is 0.849. The molecule has 2 fully saturated rings. The first kappa shape index (κ1) is 13.0. The summed E-state index contributed by atoms with van der Waals surface area (Å²) in [6.45, 7) is 1.90. The average Bonchev–Trinajstić information content (AvgIpc) is 3.01. The number of likely N-dealkylation sites (N-methyl/N-ethyl adjacent to an activating group) is 1. The van der Waals surface area contributed by atoms with Gasteiger partial charge in [-0.25, -0.2) is 0 Å². The van der Waals surface area contributed by atoms with Gasteiger partial charge in [-0.3, -0.25) is 4.90 Å². The van der Waals surface area contributed by atoms with Crippen LogP contribution in [0.25, 0.3) is 0 Å². The Morgan fingerprint density at radius 1 is 1.19 bits per heavy atom. The van der Waals surface area contributed by atoms with Crippen LogP contribution in [0.4, 0.5) is 0 Å². The lowest BCUT2D eigenvalue weighted by atomic mass is 9.76. The first-order valence-electron chi connectivity index (χ1n) is 7.81. The molecular weight excluding hydrogens is 262 g/mol. The highest BCUT2D eigenvalue weighted by molar-refractivity contribution is 5.27. The average molecular weight is 283 g/mol. The molecule has 4 unspecified atom stereocenters. The molecule has 0 spiro atoms. The van der Waals surface area contributed by atoms with Gasteiger partial charge in [0.1, 0.15) is 0 Å². The monoisotopic (exact) mass is 283 g/mol. The van der Waals surface area contributed by atoms with Crippen molar-refractivity contribution in [3.05, 3.63) is 47.6 Å². The third-order valence-electron chi connectivity index (χ3n) is 5.32. The largest absolute Gasteiger partial charge is 0.339 e. The number of rotatable bonds is 2. The van der Waals surface area contributed by atoms with E-state index in [0.717, 1.165) is 11.7 Å². The van der Waals surface area contributed by atoms with E-state index in [-0.39, 0.29) is 0 Å². The molecule has 4 heteroatoms. The van der Waals surface area contributed by atoms with Gasteiger partial charge < -0.3 is 4.52 Å². The van der Waals surface area contributed by atoms with Gasteiger partial charge in [0.25, 0.3) is 0 Å². The lowest BCUT2D eigenvalue weighted by Crippen LogP contribution is -2.44. The van der Waals surface area contributed by atoms with Crippen molar-refractivity contribution in [3.63, 3.8) is 0 Å². The van der Waals surface area contributed by atoms with Crippen LogP contribution in [0.2, 0.25) is 0 Å². The molecule has 0 aliphatic carbocycles. The van der Waals surface area contributed by atoms with Gasteiger partial charge >= 0.3 is 0 Å². The van der Waals surface area contributed by atoms with Crippen molar-refractivity contribution in [1.82, 2.24) is 15.0 Å². The Kier molecular flexibility index (Phi) is 3.07. The number of hydrogen-bond acceptors (Lipinski definition) is 4. The molecule has 2 aliphatic rings.